The molecule has 0 aliphatic carbocycles. The topological polar surface area (TPSA) is 106 Å². The molecule has 0 saturated carbocycles. The number of nitrogens with one attached hydrogen (secondary N) is 3. The number of H-pyrrole nitrogens is 2. The predicted molar refractivity (Wildman–Crippen MR) is 146 cm³/mol. The van der Waals surface area contributed by atoms with Crippen molar-refractivity contribution in [2.45, 2.75) is 19.9 Å². The molecule has 1 aliphatic heterocycles. The molecule has 1 saturated heterocycles. The lowest BCUT2D eigenvalue weighted by Gasteiger charge is -2.34. The summed E-state index contributed by atoms with van der Waals surface area (Å²) < 4.78 is 0. The summed E-state index contributed by atoms with van der Waals surface area (Å²) in [5.41, 5.74) is 10.8. The van der Waals surface area contributed by atoms with Gasteiger partial charge < -0.3 is 30.8 Å². The molecule has 1 aliphatic rings. The van der Waals surface area contributed by atoms with Gasteiger partial charge in [0.05, 0.1) is 22.2 Å². The van der Waals surface area contributed by atoms with E-state index in [9.17, 15) is 4.79 Å². The van der Waals surface area contributed by atoms with Gasteiger partial charge in [0, 0.05) is 54.9 Å². The third kappa shape index (κ3) is 4.74. The number of likely N-dealkylation sites (N-methyl/N-ethyl adjacent to an activating group) is 1. The van der Waals surface area contributed by atoms with Crippen LogP contribution in [0.25, 0.3) is 33.3 Å². The first-order valence-electron chi connectivity index (χ1n) is 12.1. The Morgan fingerprint density at radius 1 is 1.09 bits per heavy atom. The Morgan fingerprint density at radius 2 is 1.83 bits per heavy atom. The van der Waals surface area contributed by atoms with Crippen molar-refractivity contribution in [2.75, 3.05) is 50.0 Å². The van der Waals surface area contributed by atoms with E-state index in [2.05, 4.69) is 58.1 Å². The SMILES string of the molecule is CC(C)[C@H](N)CNc1c(-c2nc3cc(N4CCN(C)CC4)ccc3[nH]2)c(=O)[nH]c2ccc(Cl)cc12. The molecular formula is C26H32ClN7O. The van der Waals surface area contributed by atoms with Gasteiger partial charge in [0.15, 0.2) is 0 Å². The van der Waals surface area contributed by atoms with Crippen LogP contribution in [-0.2, 0) is 0 Å². The first kappa shape index (κ1) is 23.7. The third-order valence-corrected chi connectivity index (χ3v) is 7.15. The molecule has 9 heteroatoms. The van der Waals surface area contributed by atoms with Crippen molar-refractivity contribution in [3.8, 4) is 11.4 Å². The van der Waals surface area contributed by atoms with E-state index in [1.165, 1.54) is 0 Å². The number of fused-ring (bicyclic) bond motifs is 2. The van der Waals surface area contributed by atoms with E-state index in [1.54, 1.807) is 6.07 Å². The highest BCUT2D eigenvalue weighted by atomic mass is 35.5. The summed E-state index contributed by atoms with van der Waals surface area (Å²) in [4.78, 5) is 29.2. The largest absolute Gasteiger partial charge is 0.382 e. The molecule has 184 valence electrons. The maximum Gasteiger partial charge on any atom is 0.261 e. The normalized spacial score (nSPS) is 15.9. The van der Waals surface area contributed by atoms with Gasteiger partial charge in [0.1, 0.15) is 11.4 Å². The standard InChI is InChI=1S/C26H32ClN7O/c1-15(2)19(28)14-29-24-18-12-16(27)4-6-20(18)32-26(35)23(24)25-30-21-7-5-17(13-22(21)31-25)34-10-8-33(3)9-11-34/h4-7,12-13,15,19H,8-11,14,28H2,1-3H3,(H,30,31)(H2,29,32,35)/t19-/m1/s1. The fourth-order valence-corrected chi connectivity index (χ4v) is 4.68. The molecule has 2 aromatic heterocycles. The van der Waals surface area contributed by atoms with Crippen LogP contribution in [0.5, 0.6) is 0 Å². The number of imidazole rings is 1. The van der Waals surface area contributed by atoms with Crippen LogP contribution in [0.4, 0.5) is 11.4 Å². The number of benzene rings is 2. The van der Waals surface area contributed by atoms with Crippen molar-refractivity contribution < 1.29 is 0 Å². The summed E-state index contributed by atoms with van der Waals surface area (Å²) in [5, 5.41) is 4.85. The number of halogens is 1. The van der Waals surface area contributed by atoms with E-state index >= 15 is 0 Å². The van der Waals surface area contributed by atoms with Crippen LogP contribution in [-0.4, -0.2) is 65.7 Å². The van der Waals surface area contributed by atoms with E-state index < -0.39 is 0 Å². The van der Waals surface area contributed by atoms with Crippen molar-refractivity contribution in [3.63, 3.8) is 0 Å². The first-order valence-corrected chi connectivity index (χ1v) is 12.5. The summed E-state index contributed by atoms with van der Waals surface area (Å²) in [6, 6.07) is 11.6. The van der Waals surface area contributed by atoms with E-state index in [-0.39, 0.29) is 11.6 Å². The molecule has 0 amide bonds. The van der Waals surface area contributed by atoms with Crippen LogP contribution in [0, 0.1) is 5.92 Å². The van der Waals surface area contributed by atoms with E-state index in [0.717, 1.165) is 48.3 Å². The van der Waals surface area contributed by atoms with Gasteiger partial charge in [-0.2, -0.15) is 0 Å². The minimum Gasteiger partial charge on any atom is -0.382 e. The Morgan fingerprint density at radius 3 is 2.57 bits per heavy atom. The first-order chi connectivity index (χ1) is 16.8. The molecule has 8 nitrogen and oxygen atoms in total. The number of nitrogens with zero attached hydrogens (tertiary/aromatic N) is 3. The highest BCUT2D eigenvalue weighted by Crippen LogP contribution is 2.33. The van der Waals surface area contributed by atoms with Gasteiger partial charge in [-0.05, 0) is 49.4 Å². The molecule has 0 spiro atoms. The fraction of sp³-hybridized carbons (Fsp3) is 0.385. The molecule has 5 rings (SSSR count). The average Bonchev–Trinajstić information content (AvgIpc) is 3.25. The van der Waals surface area contributed by atoms with Crippen molar-refractivity contribution in [1.29, 1.82) is 0 Å². The van der Waals surface area contributed by atoms with Crippen LogP contribution in [0.15, 0.2) is 41.2 Å². The summed E-state index contributed by atoms with van der Waals surface area (Å²) in [6.45, 7) is 8.71. The lowest BCUT2D eigenvalue weighted by Crippen LogP contribution is -2.44. The second-order valence-corrected chi connectivity index (χ2v) is 10.2. The van der Waals surface area contributed by atoms with Crippen LogP contribution >= 0.6 is 11.6 Å². The molecular weight excluding hydrogens is 462 g/mol. The van der Waals surface area contributed by atoms with Crippen molar-refractivity contribution >= 4 is 44.9 Å². The lowest BCUT2D eigenvalue weighted by atomic mass is 10.0. The molecule has 1 atom stereocenters. The number of hydrogen-bond donors (Lipinski definition) is 4. The van der Waals surface area contributed by atoms with E-state index in [1.807, 2.05) is 18.2 Å². The van der Waals surface area contributed by atoms with Gasteiger partial charge >= 0.3 is 0 Å². The summed E-state index contributed by atoms with van der Waals surface area (Å²) in [5.74, 6) is 0.807. The Bertz CT molecular complexity index is 1420. The third-order valence-electron chi connectivity index (χ3n) is 6.92. The van der Waals surface area contributed by atoms with Gasteiger partial charge in [0.2, 0.25) is 0 Å². The van der Waals surface area contributed by atoms with Gasteiger partial charge in [-0.25, -0.2) is 4.98 Å². The minimum absolute atomic E-state index is 0.0711. The van der Waals surface area contributed by atoms with Crippen LogP contribution in [0.3, 0.4) is 0 Å². The smallest absolute Gasteiger partial charge is 0.261 e. The Kier molecular flexibility index (Phi) is 6.44. The van der Waals surface area contributed by atoms with Crippen molar-refractivity contribution in [3.05, 3.63) is 51.8 Å². The molecule has 3 heterocycles. The van der Waals surface area contributed by atoms with E-state index in [4.69, 9.17) is 22.3 Å². The van der Waals surface area contributed by atoms with Crippen LogP contribution < -0.4 is 21.5 Å². The highest BCUT2D eigenvalue weighted by molar-refractivity contribution is 6.31. The van der Waals surface area contributed by atoms with Gasteiger partial charge in [-0.15, -0.1) is 0 Å². The van der Waals surface area contributed by atoms with E-state index in [0.29, 0.717) is 40.1 Å². The number of pyridine rings is 1. The molecule has 5 N–H and O–H groups in total. The Labute approximate surface area is 209 Å². The maximum atomic E-state index is 13.3. The monoisotopic (exact) mass is 493 g/mol. The number of rotatable bonds is 6. The van der Waals surface area contributed by atoms with Crippen LogP contribution in [0.2, 0.25) is 5.02 Å². The Hall–Kier alpha value is -3.07. The number of aromatic nitrogens is 3. The van der Waals surface area contributed by atoms with Crippen molar-refractivity contribution in [1.82, 2.24) is 19.9 Å². The second kappa shape index (κ2) is 9.53. The quantitative estimate of drug-likeness (QED) is 0.325. The predicted octanol–water partition coefficient (Wildman–Crippen LogP) is 3.87. The molecule has 1 fully saturated rings. The zero-order valence-corrected chi connectivity index (χ0v) is 21.1. The average molecular weight is 494 g/mol. The second-order valence-electron chi connectivity index (χ2n) is 9.76. The van der Waals surface area contributed by atoms with Crippen LogP contribution in [0.1, 0.15) is 13.8 Å². The van der Waals surface area contributed by atoms with Crippen molar-refractivity contribution in [2.24, 2.45) is 11.7 Å². The molecule has 35 heavy (non-hydrogen) atoms. The number of piperazine rings is 1. The van der Waals surface area contributed by atoms with Gasteiger partial charge in [-0.3, -0.25) is 4.79 Å². The minimum atomic E-state index is -0.223. The van der Waals surface area contributed by atoms with Gasteiger partial charge in [0.25, 0.3) is 5.56 Å². The zero-order chi connectivity index (χ0) is 24.7. The zero-order valence-electron chi connectivity index (χ0n) is 20.4. The summed E-state index contributed by atoms with van der Waals surface area (Å²) >= 11 is 6.33. The lowest BCUT2D eigenvalue weighted by molar-refractivity contribution is 0.313. The summed E-state index contributed by atoms with van der Waals surface area (Å²) in [7, 11) is 2.15. The van der Waals surface area contributed by atoms with Gasteiger partial charge in [-0.1, -0.05) is 25.4 Å². The molecule has 0 radical (unpaired) electrons. The fourth-order valence-electron chi connectivity index (χ4n) is 4.50. The maximum absolute atomic E-state index is 13.3. The molecule has 0 bridgehead atoms. The molecule has 0 unspecified atom stereocenters. The number of aromatic amines is 2. The number of hydrogen-bond acceptors (Lipinski definition) is 6. The number of nitrogens with two attached hydrogens (primary N) is 1. The summed E-state index contributed by atoms with van der Waals surface area (Å²) in [6.07, 6.45) is 0. The Balaban J connectivity index is 1.59. The molecule has 4 aromatic rings. The number of anilines is 2. The molecule has 2 aromatic carbocycles. The highest BCUT2D eigenvalue weighted by Gasteiger charge is 2.20.